The number of benzene rings is 1. The summed E-state index contributed by atoms with van der Waals surface area (Å²) in [6.45, 7) is 5.39. The second-order valence-corrected chi connectivity index (χ2v) is 5.76. The number of hydrogen-bond acceptors (Lipinski definition) is 3. The molecule has 5 nitrogen and oxygen atoms in total. The third-order valence-corrected chi connectivity index (χ3v) is 3.20. The van der Waals surface area contributed by atoms with Crippen LogP contribution in [0.25, 0.3) is 0 Å². The van der Waals surface area contributed by atoms with Crippen molar-refractivity contribution in [1.29, 1.82) is 0 Å². The standard InChI is InChI=1S/C17H27N3O2/c1-13(2)12-15(21)20-16(14-8-5-4-6-9-14)17(22)19-11-7-10-18-3/h4-6,8-9,13,16,18H,7,10-12H2,1-3H3,(H,19,22)(H,20,21). The first-order chi connectivity index (χ1) is 10.5. The number of hydrogen-bond donors (Lipinski definition) is 3. The molecule has 0 aromatic heterocycles. The van der Waals surface area contributed by atoms with E-state index in [1.807, 2.05) is 51.2 Å². The Labute approximate surface area is 132 Å². The zero-order valence-electron chi connectivity index (χ0n) is 13.7. The van der Waals surface area contributed by atoms with Crippen molar-refractivity contribution in [3.63, 3.8) is 0 Å². The Morgan fingerprint density at radius 1 is 1.09 bits per heavy atom. The topological polar surface area (TPSA) is 70.2 Å². The summed E-state index contributed by atoms with van der Waals surface area (Å²) in [5, 5.41) is 8.75. The second kappa shape index (κ2) is 9.95. The molecular formula is C17H27N3O2. The Kier molecular flexibility index (Phi) is 8.22. The highest BCUT2D eigenvalue weighted by atomic mass is 16.2. The van der Waals surface area contributed by atoms with Crippen LogP contribution in [0.2, 0.25) is 0 Å². The molecule has 1 aromatic rings. The lowest BCUT2D eigenvalue weighted by atomic mass is 10.0. The van der Waals surface area contributed by atoms with E-state index in [-0.39, 0.29) is 17.7 Å². The molecule has 2 amide bonds. The second-order valence-electron chi connectivity index (χ2n) is 5.76. The Morgan fingerprint density at radius 3 is 2.36 bits per heavy atom. The predicted octanol–water partition coefficient (Wildman–Crippen LogP) is 1.62. The molecule has 0 bridgehead atoms. The van der Waals surface area contributed by atoms with E-state index in [0.29, 0.717) is 13.0 Å². The normalized spacial score (nSPS) is 12.0. The van der Waals surface area contributed by atoms with Crippen molar-refractivity contribution in [1.82, 2.24) is 16.0 Å². The van der Waals surface area contributed by atoms with Gasteiger partial charge in [0.05, 0.1) is 0 Å². The van der Waals surface area contributed by atoms with Crippen LogP contribution in [0.4, 0.5) is 0 Å². The van der Waals surface area contributed by atoms with Crippen molar-refractivity contribution in [2.24, 2.45) is 5.92 Å². The van der Waals surface area contributed by atoms with Gasteiger partial charge in [0.2, 0.25) is 11.8 Å². The summed E-state index contributed by atoms with van der Waals surface area (Å²) in [5.74, 6) is -0.0104. The van der Waals surface area contributed by atoms with Crippen molar-refractivity contribution in [3.05, 3.63) is 35.9 Å². The number of amides is 2. The zero-order chi connectivity index (χ0) is 16.4. The summed E-state index contributed by atoms with van der Waals surface area (Å²) < 4.78 is 0. The Morgan fingerprint density at radius 2 is 1.77 bits per heavy atom. The Hall–Kier alpha value is -1.88. The molecule has 1 atom stereocenters. The maximum absolute atomic E-state index is 12.4. The molecule has 1 rings (SSSR count). The summed E-state index contributed by atoms with van der Waals surface area (Å²) in [6, 6.07) is 8.70. The van der Waals surface area contributed by atoms with Crippen LogP contribution >= 0.6 is 0 Å². The van der Waals surface area contributed by atoms with Crippen LogP contribution in [0.15, 0.2) is 30.3 Å². The summed E-state index contributed by atoms with van der Waals surface area (Å²) in [5.41, 5.74) is 0.797. The van der Waals surface area contributed by atoms with Gasteiger partial charge in [-0.2, -0.15) is 0 Å². The van der Waals surface area contributed by atoms with Crippen molar-refractivity contribution in [2.45, 2.75) is 32.7 Å². The molecule has 0 fully saturated rings. The average Bonchev–Trinajstić information content (AvgIpc) is 2.49. The Bertz CT molecular complexity index is 460. The van der Waals surface area contributed by atoms with Crippen LogP contribution in [0.1, 0.15) is 38.3 Å². The molecule has 0 aliphatic carbocycles. The molecule has 1 unspecified atom stereocenters. The van der Waals surface area contributed by atoms with Gasteiger partial charge in [-0.05, 0) is 31.5 Å². The minimum absolute atomic E-state index is 0.103. The maximum Gasteiger partial charge on any atom is 0.247 e. The van der Waals surface area contributed by atoms with E-state index in [1.165, 1.54) is 0 Å². The fraction of sp³-hybridized carbons (Fsp3) is 0.529. The van der Waals surface area contributed by atoms with Crippen LogP contribution in [-0.2, 0) is 9.59 Å². The van der Waals surface area contributed by atoms with Gasteiger partial charge in [0, 0.05) is 13.0 Å². The van der Waals surface area contributed by atoms with Gasteiger partial charge >= 0.3 is 0 Å². The molecule has 0 radical (unpaired) electrons. The quantitative estimate of drug-likeness (QED) is 0.607. The van der Waals surface area contributed by atoms with Crippen molar-refractivity contribution in [3.8, 4) is 0 Å². The summed E-state index contributed by atoms with van der Waals surface area (Å²) >= 11 is 0. The van der Waals surface area contributed by atoms with Crippen molar-refractivity contribution >= 4 is 11.8 Å². The maximum atomic E-state index is 12.4. The van der Waals surface area contributed by atoms with E-state index < -0.39 is 6.04 Å². The third-order valence-electron chi connectivity index (χ3n) is 3.20. The van der Waals surface area contributed by atoms with Gasteiger partial charge in [0.25, 0.3) is 0 Å². The largest absolute Gasteiger partial charge is 0.354 e. The predicted molar refractivity (Wildman–Crippen MR) is 88.3 cm³/mol. The molecule has 22 heavy (non-hydrogen) atoms. The van der Waals surface area contributed by atoms with E-state index in [1.54, 1.807) is 0 Å². The van der Waals surface area contributed by atoms with Crippen LogP contribution in [-0.4, -0.2) is 32.0 Å². The summed E-state index contributed by atoms with van der Waals surface area (Å²) in [6.07, 6.45) is 1.26. The lowest BCUT2D eigenvalue weighted by Crippen LogP contribution is -2.41. The van der Waals surface area contributed by atoms with Gasteiger partial charge < -0.3 is 16.0 Å². The molecule has 0 aliphatic rings. The fourth-order valence-corrected chi connectivity index (χ4v) is 2.12. The lowest BCUT2D eigenvalue weighted by Gasteiger charge is -2.19. The molecule has 122 valence electrons. The van der Waals surface area contributed by atoms with Gasteiger partial charge in [-0.3, -0.25) is 9.59 Å². The first kappa shape index (κ1) is 18.2. The first-order valence-corrected chi connectivity index (χ1v) is 7.81. The van der Waals surface area contributed by atoms with Crippen LogP contribution in [0.5, 0.6) is 0 Å². The van der Waals surface area contributed by atoms with Gasteiger partial charge in [0.15, 0.2) is 0 Å². The number of carbonyl (C=O) groups excluding carboxylic acids is 2. The highest BCUT2D eigenvalue weighted by molar-refractivity contribution is 5.88. The van der Waals surface area contributed by atoms with E-state index in [4.69, 9.17) is 0 Å². The van der Waals surface area contributed by atoms with E-state index in [9.17, 15) is 9.59 Å². The highest BCUT2D eigenvalue weighted by Crippen LogP contribution is 2.13. The molecule has 5 heteroatoms. The SMILES string of the molecule is CNCCCNC(=O)C(NC(=O)CC(C)C)c1ccccc1. The van der Waals surface area contributed by atoms with E-state index in [2.05, 4.69) is 16.0 Å². The molecule has 1 aromatic carbocycles. The van der Waals surface area contributed by atoms with Crippen LogP contribution in [0.3, 0.4) is 0 Å². The van der Waals surface area contributed by atoms with Gasteiger partial charge in [0.1, 0.15) is 6.04 Å². The zero-order valence-corrected chi connectivity index (χ0v) is 13.7. The van der Waals surface area contributed by atoms with Gasteiger partial charge in [-0.25, -0.2) is 0 Å². The fourth-order valence-electron chi connectivity index (χ4n) is 2.12. The van der Waals surface area contributed by atoms with Crippen LogP contribution < -0.4 is 16.0 Å². The summed E-state index contributed by atoms with van der Waals surface area (Å²) in [7, 11) is 1.88. The smallest absolute Gasteiger partial charge is 0.247 e. The molecule has 0 saturated heterocycles. The van der Waals surface area contributed by atoms with Gasteiger partial charge in [-0.15, -0.1) is 0 Å². The minimum atomic E-state index is -0.637. The Balaban J connectivity index is 2.70. The molecule has 0 spiro atoms. The van der Waals surface area contributed by atoms with E-state index in [0.717, 1.165) is 18.5 Å². The van der Waals surface area contributed by atoms with E-state index >= 15 is 0 Å². The number of nitrogens with one attached hydrogen (secondary N) is 3. The number of carbonyl (C=O) groups is 2. The minimum Gasteiger partial charge on any atom is -0.354 e. The average molecular weight is 305 g/mol. The molecular weight excluding hydrogens is 278 g/mol. The third kappa shape index (κ3) is 6.72. The summed E-state index contributed by atoms with van der Waals surface area (Å²) in [4.78, 5) is 24.4. The monoisotopic (exact) mass is 305 g/mol. The van der Waals surface area contributed by atoms with Crippen molar-refractivity contribution in [2.75, 3.05) is 20.1 Å². The first-order valence-electron chi connectivity index (χ1n) is 7.81. The molecule has 0 saturated carbocycles. The molecule has 0 aliphatic heterocycles. The number of rotatable bonds is 9. The van der Waals surface area contributed by atoms with Gasteiger partial charge in [-0.1, -0.05) is 44.2 Å². The molecule has 0 heterocycles. The van der Waals surface area contributed by atoms with Crippen LogP contribution in [0, 0.1) is 5.92 Å². The molecule has 3 N–H and O–H groups in total. The van der Waals surface area contributed by atoms with Crippen molar-refractivity contribution < 1.29 is 9.59 Å². The lowest BCUT2D eigenvalue weighted by molar-refractivity contribution is -0.129. The highest BCUT2D eigenvalue weighted by Gasteiger charge is 2.22.